The zero-order chi connectivity index (χ0) is 24.0. The van der Waals surface area contributed by atoms with E-state index in [4.69, 9.17) is 9.47 Å². The fraction of sp³-hybridized carbons (Fsp3) is 0.120. The molecule has 0 unspecified atom stereocenters. The van der Waals surface area contributed by atoms with Gasteiger partial charge in [-0.05, 0) is 48.0 Å². The van der Waals surface area contributed by atoms with E-state index in [1.807, 2.05) is 48.5 Å². The Bertz CT molecular complexity index is 1360. The molecule has 0 amide bonds. The van der Waals surface area contributed by atoms with Crippen molar-refractivity contribution in [2.45, 2.75) is 11.4 Å². The summed E-state index contributed by atoms with van der Waals surface area (Å²) in [5.41, 5.74) is 3.24. The van der Waals surface area contributed by atoms with Crippen LogP contribution in [0.2, 0.25) is 0 Å². The largest absolute Gasteiger partial charge is 0.493 e. The van der Waals surface area contributed by atoms with Crippen LogP contribution in [0.25, 0.3) is 11.3 Å². The summed E-state index contributed by atoms with van der Waals surface area (Å²) in [6, 6.07) is 23.1. The first-order valence-electron chi connectivity index (χ1n) is 10.4. The number of hydrogen-bond donors (Lipinski definition) is 2. The van der Waals surface area contributed by atoms with Crippen LogP contribution in [-0.2, 0) is 16.6 Å². The normalized spacial score (nSPS) is 11.1. The lowest BCUT2D eigenvalue weighted by molar-refractivity contribution is 0.355. The molecule has 8 nitrogen and oxygen atoms in total. The molecule has 2 N–H and O–H groups in total. The highest BCUT2D eigenvalue weighted by molar-refractivity contribution is 7.89. The van der Waals surface area contributed by atoms with E-state index in [0.29, 0.717) is 17.3 Å². The Balaban J connectivity index is 1.43. The molecule has 4 rings (SSSR count). The van der Waals surface area contributed by atoms with Gasteiger partial charge in [-0.1, -0.05) is 30.3 Å². The second kappa shape index (κ2) is 10.3. The number of anilines is 2. The van der Waals surface area contributed by atoms with Crippen LogP contribution in [0.1, 0.15) is 5.56 Å². The molecule has 34 heavy (non-hydrogen) atoms. The van der Waals surface area contributed by atoms with Gasteiger partial charge in [0.2, 0.25) is 10.0 Å². The van der Waals surface area contributed by atoms with Crippen LogP contribution in [0.15, 0.2) is 90.1 Å². The van der Waals surface area contributed by atoms with Gasteiger partial charge in [0.25, 0.3) is 0 Å². The molecule has 0 aliphatic rings. The molecular formula is C25H24N4O4S. The van der Waals surface area contributed by atoms with E-state index in [1.54, 1.807) is 44.6 Å². The maximum absolute atomic E-state index is 12.4. The highest BCUT2D eigenvalue weighted by Crippen LogP contribution is 2.32. The minimum absolute atomic E-state index is 0.189. The Morgan fingerprint density at radius 1 is 0.824 bits per heavy atom. The standard InChI is InChI=1S/C25H24N4O4S/c1-32-23-13-10-19(14-24(23)33-2)22-15-25(27-17-26-22)29-20-11-8-18(9-12-20)16-28-34(30,31)21-6-4-3-5-7-21/h3-15,17,28H,16H2,1-2H3,(H,26,27,29). The van der Waals surface area contributed by atoms with E-state index in [0.717, 1.165) is 22.5 Å². The summed E-state index contributed by atoms with van der Waals surface area (Å²) in [6.07, 6.45) is 1.49. The number of ether oxygens (including phenoxy) is 2. The van der Waals surface area contributed by atoms with Crippen molar-refractivity contribution in [2.75, 3.05) is 19.5 Å². The minimum Gasteiger partial charge on any atom is -0.493 e. The molecule has 0 bridgehead atoms. The van der Waals surface area contributed by atoms with Crippen LogP contribution in [0.3, 0.4) is 0 Å². The number of nitrogens with zero attached hydrogens (tertiary/aromatic N) is 2. The number of benzene rings is 3. The average Bonchev–Trinajstić information content (AvgIpc) is 2.88. The zero-order valence-corrected chi connectivity index (χ0v) is 19.5. The molecule has 0 spiro atoms. The summed E-state index contributed by atoms with van der Waals surface area (Å²) in [5.74, 6) is 1.88. The third-order valence-corrected chi connectivity index (χ3v) is 6.51. The van der Waals surface area contributed by atoms with Crippen molar-refractivity contribution >= 4 is 21.5 Å². The van der Waals surface area contributed by atoms with Crippen LogP contribution in [0.5, 0.6) is 11.5 Å². The number of aromatic nitrogens is 2. The van der Waals surface area contributed by atoms with Gasteiger partial charge in [0.1, 0.15) is 12.1 Å². The van der Waals surface area contributed by atoms with Crippen molar-refractivity contribution in [1.29, 1.82) is 0 Å². The highest BCUT2D eigenvalue weighted by atomic mass is 32.2. The molecule has 0 saturated heterocycles. The number of sulfonamides is 1. The van der Waals surface area contributed by atoms with Gasteiger partial charge in [0.15, 0.2) is 11.5 Å². The topological polar surface area (TPSA) is 102 Å². The summed E-state index contributed by atoms with van der Waals surface area (Å²) >= 11 is 0. The van der Waals surface area contributed by atoms with Crippen molar-refractivity contribution in [2.24, 2.45) is 0 Å². The molecule has 4 aromatic rings. The number of methoxy groups -OCH3 is 2. The number of hydrogen-bond acceptors (Lipinski definition) is 7. The predicted molar refractivity (Wildman–Crippen MR) is 131 cm³/mol. The third kappa shape index (κ3) is 5.51. The first-order valence-corrected chi connectivity index (χ1v) is 11.9. The van der Waals surface area contributed by atoms with Gasteiger partial charge in [-0.25, -0.2) is 23.1 Å². The molecule has 174 valence electrons. The lowest BCUT2D eigenvalue weighted by atomic mass is 10.1. The van der Waals surface area contributed by atoms with Gasteiger partial charge in [-0.3, -0.25) is 0 Å². The van der Waals surface area contributed by atoms with E-state index in [2.05, 4.69) is 20.0 Å². The number of nitrogens with one attached hydrogen (secondary N) is 2. The van der Waals surface area contributed by atoms with Gasteiger partial charge in [0, 0.05) is 23.9 Å². The molecule has 1 aromatic heterocycles. The van der Waals surface area contributed by atoms with Crippen molar-refractivity contribution < 1.29 is 17.9 Å². The molecule has 1 heterocycles. The summed E-state index contributed by atoms with van der Waals surface area (Å²) in [5, 5.41) is 3.24. The molecule has 0 aliphatic heterocycles. The summed E-state index contributed by atoms with van der Waals surface area (Å²) in [6.45, 7) is 0.189. The zero-order valence-electron chi connectivity index (χ0n) is 18.7. The molecule has 9 heteroatoms. The van der Waals surface area contributed by atoms with E-state index in [1.165, 1.54) is 6.33 Å². The SMILES string of the molecule is COc1ccc(-c2cc(Nc3ccc(CNS(=O)(=O)c4ccccc4)cc3)ncn2)cc1OC. The Kier molecular flexibility index (Phi) is 7.05. The fourth-order valence-corrected chi connectivity index (χ4v) is 4.33. The maximum atomic E-state index is 12.4. The third-order valence-electron chi connectivity index (χ3n) is 5.09. The molecule has 0 fully saturated rings. The van der Waals surface area contributed by atoms with Crippen LogP contribution >= 0.6 is 0 Å². The summed E-state index contributed by atoms with van der Waals surface area (Å²) in [4.78, 5) is 8.89. The molecule has 0 atom stereocenters. The van der Waals surface area contributed by atoms with Crippen LogP contribution < -0.4 is 19.5 Å². The molecule has 0 radical (unpaired) electrons. The second-order valence-corrected chi connectivity index (χ2v) is 9.08. The van der Waals surface area contributed by atoms with Crippen molar-refractivity contribution in [3.63, 3.8) is 0 Å². The van der Waals surface area contributed by atoms with Crippen LogP contribution in [-0.4, -0.2) is 32.6 Å². The highest BCUT2D eigenvalue weighted by Gasteiger charge is 2.13. The average molecular weight is 477 g/mol. The van der Waals surface area contributed by atoms with E-state index in [9.17, 15) is 8.42 Å². The smallest absolute Gasteiger partial charge is 0.240 e. The minimum atomic E-state index is -3.56. The summed E-state index contributed by atoms with van der Waals surface area (Å²) < 4.78 is 38.1. The van der Waals surface area contributed by atoms with E-state index in [-0.39, 0.29) is 11.4 Å². The quantitative estimate of drug-likeness (QED) is 0.369. The van der Waals surface area contributed by atoms with E-state index < -0.39 is 10.0 Å². The summed E-state index contributed by atoms with van der Waals surface area (Å²) in [7, 11) is -0.378. The molecule has 3 aromatic carbocycles. The van der Waals surface area contributed by atoms with Crippen LogP contribution in [0.4, 0.5) is 11.5 Å². The predicted octanol–water partition coefficient (Wildman–Crippen LogP) is 4.38. The van der Waals surface area contributed by atoms with Crippen molar-refractivity contribution in [1.82, 2.24) is 14.7 Å². The monoisotopic (exact) mass is 476 g/mol. The van der Waals surface area contributed by atoms with E-state index >= 15 is 0 Å². The number of rotatable bonds is 9. The van der Waals surface area contributed by atoms with Gasteiger partial charge in [0.05, 0.1) is 24.8 Å². The van der Waals surface area contributed by atoms with Crippen molar-refractivity contribution in [3.8, 4) is 22.8 Å². The Morgan fingerprint density at radius 2 is 1.56 bits per heavy atom. The fourth-order valence-electron chi connectivity index (χ4n) is 3.29. The second-order valence-electron chi connectivity index (χ2n) is 7.32. The van der Waals surface area contributed by atoms with Gasteiger partial charge in [-0.2, -0.15) is 0 Å². The molecular weight excluding hydrogens is 452 g/mol. The Morgan fingerprint density at radius 3 is 2.26 bits per heavy atom. The van der Waals surface area contributed by atoms with Crippen molar-refractivity contribution in [3.05, 3.63) is 90.8 Å². The molecule has 0 saturated carbocycles. The van der Waals surface area contributed by atoms with Crippen LogP contribution in [0, 0.1) is 0 Å². The molecule has 0 aliphatic carbocycles. The van der Waals surface area contributed by atoms with Gasteiger partial charge in [-0.15, -0.1) is 0 Å². The Labute approximate surface area is 198 Å². The maximum Gasteiger partial charge on any atom is 0.240 e. The lowest BCUT2D eigenvalue weighted by Crippen LogP contribution is -2.23. The van der Waals surface area contributed by atoms with Gasteiger partial charge >= 0.3 is 0 Å². The van der Waals surface area contributed by atoms with Gasteiger partial charge < -0.3 is 14.8 Å². The first-order chi connectivity index (χ1) is 16.5. The first kappa shape index (κ1) is 23.2. The Hall–Kier alpha value is -3.95. The lowest BCUT2D eigenvalue weighted by Gasteiger charge is -2.11.